The van der Waals surface area contributed by atoms with Gasteiger partial charge in [-0.1, -0.05) is 6.07 Å². The summed E-state index contributed by atoms with van der Waals surface area (Å²) in [6.45, 7) is 6.87. The van der Waals surface area contributed by atoms with Crippen LogP contribution in [0.5, 0.6) is 0 Å². The van der Waals surface area contributed by atoms with Crippen molar-refractivity contribution in [1.82, 2.24) is 4.90 Å². The Kier molecular flexibility index (Phi) is 5.64. The van der Waals surface area contributed by atoms with Crippen LogP contribution in [0.2, 0.25) is 0 Å². The van der Waals surface area contributed by atoms with E-state index in [9.17, 15) is 9.90 Å². The number of amides is 1. The first-order valence-corrected chi connectivity index (χ1v) is 9.46. The molecule has 0 spiro atoms. The molecule has 138 valence electrons. The second-order valence-corrected chi connectivity index (χ2v) is 7.46. The summed E-state index contributed by atoms with van der Waals surface area (Å²) in [7, 11) is 0. The van der Waals surface area contributed by atoms with Gasteiger partial charge >= 0.3 is 0 Å². The molecule has 25 heavy (non-hydrogen) atoms. The van der Waals surface area contributed by atoms with Crippen LogP contribution in [0, 0.1) is 6.92 Å². The third-order valence-electron chi connectivity index (χ3n) is 5.66. The molecular weight excluding hydrogens is 316 g/mol. The van der Waals surface area contributed by atoms with Crippen LogP contribution >= 0.6 is 0 Å². The molecule has 5 heteroatoms. The Morgan fingerprint density at radius 3 is 2.60 bits per heavy atom. The van der Waals surface area contributed by atoms with E-state index in [2.05, 4.69) is 5.32 Å². The highest BCUT2D eigenvalue weighted by Crippen LogP contribution is 2.28. The highest BCUT2D eigenvalue weighted by atomic mass is 16.5. The molecule has 0 saturated carbocycles. The van der Waals surface area contributed by atoms with E-state index < -0.39 is 5.60 Å². The average molecular weight is 346 g/mol. The summed E-state index contributed by atoms with van der Waals surface area (Å²) in [5.41, 5.74) is 1.88. The van der Waals surface area contributed by atoms with Crippen LogP contribution in [0.3, 0.4) is 0 Å². The van der Waals surface area contributed by atoms with Crippen LogP contribution in [0.25, 0.3) is 0 Å². The Labute approximate surface area is 150 Å². The number of hydrogen-bond acceptors (Lipinski definition) is 4. The summed E-state index contributed by atoms with van der Waals surface area (Å²) in [6.07, 6.45) is 4.66. The highest BCUT2D eigenvalue weighted by Gasteiger charge is 2.35. The van der Waals surface area contributed by atoms with Gasteiger partial charge in [-0.25, -0.2) is 0 Å². The number of rotatable bonds is 4. The molecule has 1 aromatic carbocycles. The van der Waals surface area contributed by atoms with Gasteiger partial charge < -0.3 is 20.1 Å². The summed E-state index contributed by atoms with van der Waals surface area (Å²) in [6, 6.07) is 5.81. The standard InChI is InChI=1S/C20H30N2O3/c1-15-6-7-17(21-16(2)20(24)8-12-25-13-9-20)14-18(15)19(23)22-10-4-3-5-11-22/h6-7,14,16,21,24H,3-5,8-13H2,1-2H3. The van der Waals surface area contributed by atoms with Crippen LogP contribution in [0.4, 0.5) is 5.69 Å². The van der Waals surface area contributed by atoms with Gasteiger partial charge in [0.05, 0.1) is 11.6 Å². The van der Waals surface area contributed by atoms with Crippen LogP contribution in [-0.4, -0.2) is 53.9 Å². The molecule has 2 fully saturated rings. The Morgan fingerprint density at radius 2 is 1.92 bits per heavy atom. The van der Waals surface area contributed by atoms with E-state index in [4.69, 9.17) is 4.74 Å². The number of carbonyl (C=O) groups is 1. The number of nitrogens with zero attached hydrogens (tertiary/aromatic N) is 1. The molecule has 0 aromatic heterocycles. The average Bonchev–Trinajstić information content (AvgIpc) is 2.64. The maximum Gasteiger partial charge on any atom is 0.254 e. The SMILES string of the molecule is Cc1ccc(NC(C)C2(O)CCOCC2)cc1C(=O)N1CCCCC1. The molecular formula is C20H30N2O3. The topological polar surface area (TPSA) is 61.8 Å². The molecule has 2 N–H and O–H groups in total. The predicted molar refractivity (Wildman–Crippen MR) is 99.0 cm³/mol. The number of piperidine rings is 1. The maximum atomic E-state index is 12.9. The van der Waals surface area contributed by atoms with Crippen molar-refractivity contribution in [2.24, 2.45) is 0 Å². The van der Waals surface area contributed by atoms with E-state index in [0.29, 0.717) is 26.1 Å². The molecule has 1 amide bonds. The zero-order chi connectivity index (χ0) is 17.9. The lowest BCUT2D eigenvalue weighted by Crippen LogP contribution is -2.49. The van der Waals surface area contributed by atoms with Crippen LogP contribution in [0.15, 0.2) is 18.2 Å². The Hall–Kier alpha value is -1.59. The summed E-state index contributed by atoms with van der Waals surface area (Å²) < 4.78 is 5.36. The zero-order valence-electron chi connectivity index (χ0n) is 15.4. The molecule has 1 aromatic rings. The van der Waals surface area contributed by atoms with Crippen LogP contribution < -0.4 is 5.32 Å². The highest BCUT2D eigenvalue weighted by molar-refractivity contribution is 5.96. The predicted octanol–water partition coefficient (Wildman–Crippen LogP) is 2.96. The Balaban J connectivity index is 1.73. The van der Waals surface area contributed by atoms with Gasteiger partial charge in [-0.2, -0.15) is 0 Å². The van der Waals surface area contributed by atoms with Crippen LogP contribution in [0.1, 0.15) is 54.9 Å². The van der Waals surface area contributed by atoms with Gasteiger partial charge in [0, 0.05) is 50.4 Å². The molecule has 1 unspecified atom stereocenters. The van der Waals surface area contributed by atoms with E-state index in [1.54, 1.807) is 0 Å². The molecule has 2 heterocycles. The molecule has 0 bridgehead atoms. The second-order valence-electron chi connectivity index (χ2n) is 7.46. The molecule has 2 aliphatic heterocycles. The second kappa shape index (κ2) is 7.75. The number of carbonyl (C=O) groups excluding carboxylic acids is 1. The van der Waals surface area contributed by atoms with E-state index in [1.807, 2.05) is 36.9 Å². The Bertz CT molecular complexity index is 605. The minimum atomic E-state index is -0.764. The van der Waals surface area contributed by atoms with Crippen molar-refractivity contribution in [3.05, 3.63) is 29.3 Å². The molecule has 2 aliphatic rings. The minimum Gasteiger partial charge on any atom is -0.388 e. The van der Waals surface area contributed by atoms with Gasteiger partial charge in [-0.05, 0) is 50.8 Å². The number of ether oxygens (including phenoxy) is 1. The third-order valence-corrected chi connectivity index (χ3v) is 5.66. The minimum absolute atomic E-state index is 0.1000. The van der Waals surface area contributed by atoms with Gasteiger partial charge in [0.15, 0.2) is 0 Å². The first-order valence-electron chi connectivity index (χ1n) is 9.46. The van der Waals surface area contributed by atoms with E-state index in [-0.39, 0.29) is 11.9 Å². The fourth-order valence-corrected chi connectivity index (χ4v) is 3.75. The molecule has 5 nitrogen and oxygen atoms in total. The van der Waals surface area contributed by atoms with Crippen molar-refractivity contribution in [2.45, 2.75) is 57.6 Å². The molecule has 1 atom stereocenters. The van der Waals surface area contributed by atoms with Gasteiger partial charge in [-0.15, -0.1) is 0 Å². The lowest BCUT2D eigenvalue weighted by Gasteiger charge is -2.38. The summed E-state index contributed by atoms with van der Waals surface area (Å²) in [5, 5.41) is 14.2. The summed E-state index contributed by atoms with van der Waals surface area (Å²) in [4.78, 5) is 14.8. The Morgan fingerprint density at radius 1 is 1.24 bits per heavy atom. The van der Waals surface area contributed by atoms with Gasteiger partial charge in [0.2, 0.25) is 0 Å². The van der Waals surface area contributed by atoms with E-state index in [0.717, 1.165) is 42.7 Å². The summed E-state index contributed by atoms with van der Waals surface area (Å²) in [5.74, 6) is 0.123. The molecule has 0 radical (unpaired) electrons. The van der Waals surface area contributed by atoms with E-state index in [1.165, 1.54) is 6.42 Å². The molecule has 0 aliphatic carbocycles. The number of anilines is 1. The third kappa shape index (κ3) is 4.15. The fraction of sp³-hybridized carbons (Fsp3) is 0.650. The van der Waals surface area contributed by atoms with Crippen molar-refractivity contribution in [1.29, 1.82) is 0 Å². The number of aryl methyl sites for hydroxylation is 1. The number of aliphatic hydroxyl groups is 1. The van der Waals surface area contributed by atoms with Crippen molar-refractivity contribution < 1.29 is 14.6 Å². The van der Waals surface area contributed by atoms with E-state index >= 15 is 0 Å². The van der Waals surface area contributed by atoms with Crippen molar-refractivity contribution in [3.8, 4) is 0 Å². The lowest BCUT2D eigenvalue weighted by atomic mass is 9.87. The van der Waals surface area contributed by atoms with Crippen molar-refractivity contribution in [2.75, 3.05) is 31.6 Å². The maximum absolute atomic E-state index is 12.9. The van der Waals surface area contributed by atoms with Gasteiger partial charge in [-0.3, -0.25) is 4.79 Å². The first-order chi connectivity index (χ1) is 12.0. The number of hydrogen-bond donors (Lipinski definition) is 2. The lowest BCUT2D eigenvalue weighted by molar-refractivity contribution is -0.0711. The fourth-order valence-electron chi connectivity index (χ4n) is 3.75. The van der Waals surface area contributed by atoms with Gasteiger partial charge in [0.1, 0.15) is 0 Å². The number of nitrogens with one attached hydrogen (secondary N) is 1. The normalized spacial score (nSPS) is 21.6. The number of likely N-dealkylation sites (tertiary alicyclic amines) is 1. The monoisotopic (exact) mass is 346 g/mol. The first kappa shape index (κ1) is 18.2. The smallest absolute Gasteiger partial charge is 0.254 e. The zero-order valence-corrected chi connectivity index (χ0v) is 15.4. The van der Waals surface area contributed by atoms with Crippen LogP contribution in [-0.2, 0) is 4.74 Å². The molecule has 2 saturated heterocycles. The summed E-state index contributed by atoms with van der Waals surface area (Å²) >= 11 is 0. The largest absolute Gasteiger partial charge is 0.388 e. The van der Waals surface area contributed by atoms with Crippen molar-refractivity contribution >= 4 is 11.6 Å². The quantitative estimate of drug-likeness (QED) is 0.880. The van der Waals surface area contributed by atoms with Crippen molar-refractivity contribution in [3.63, 3.8) is 0 Å². The van der Waals surface area contributed by atoms with Gasteiger partial charge in [0.25, 0.3) is 5.91 Å². The number of benzene rings is 1. The molecule has 3 rings (SSSR count).